The molecule has 1 saturated heterocycles. The van der Waals surface area contributed by atoms with E-state index in [9.17, 15) is 4.79 Å². The van der Waals surface area contributed by atoms with E-state index >= 15 is 0 Å². The van der Waals surface area contributed by atoms with Gasteiger partial charge in [-0.15, -0.1) is 0 Å². The van der Waals surface area contributed by atoms with E-state index in [2.05, 4.69) is 15.4 Å². The predicted molar refractivity (Wildman–Crippen MR) is 74.0 cm³/mol. The van der Waals surface area contributed by atoms with E-state index in [0.717, 1.165) is 31.1 Å². The van der Waals surface area contributed by atoms with Gasteiger partial charge in [-0.25, -0.2) is 0 Å². The lowest BCUT2D eigenvalue weighted by atomic mass is 9.91. The van der Waals surface area contributed by atoms with Crippen molar-refractivity contribution in [2.45, 2.75) is 13.8 Å². The van der Waals surface area contributed by atoms with Gasteiger partial charge >= 0.3 is 0 Å². The van der Waals surface area contributed by atoms with Gasteiger partial charge in [0.1, 0.15) is 5.41 Å². The van der Waals surface area contributed by atoms with Crippen LogP contribution in [0.3, 0.4) is 0 Å². The van der Waals surface area contributed by atoms with Crippen LogP contribution in [0.15, 0.2) is 5.16 Å². The molecule has 0 aromatic heterocycles. The average molecular weight is 274 g/mol. The first-order valence-electron chi connectivity index (χ1n) is 6.05. The van der Waals surface area contributed by atoms with Gasteiger partial charge in [-0.3, -0.25) is 9.69 Å². The van der Waals surface area contributed by atoms with Gasteiger partial charge in [-0.2, -0.15) is 11.8 Å². The SMILES string of the molecule is CC(C)(C(=O)NCCN1CCSCC1)C(N)=NO. The fourth-order valence-corrected chi connectivity index (χ4v) is 2.59. The van der Waals surface area contributed by atoms with Crippen molar-refractivity contribution in [1.29, 1.82) is 0 Å². The summed E-state index contributed by atoms with van der Waals surface area (Å²) < 4.78 is 0. The Morgan fingerprint density at radius 3 is 2.67 bits per heavy atom. The highest BCUT2D eigenvalue weighted by Gasteiger charge is 2.32. The van der Waals surface area contributed by atoms with Crippen LogP contribution in [0.1, 0.15) is 13.8 Å². The number of hydrogen-bond donors (Lipinski definition) is 3. The summed E-state index contributed by atoms with van der Waals surface area (Å²) in [6, 6.07) is 0. The number of rotatable bonds is 5. The van der Waals surface area contributed by atoms with Gasteiger partial charge < -0.3 is 16.3 Å². The molecule has 0 aromatic carbocycles. The number of oxime groups is 1. The third-order valence-corrected chi connectivity index (χ3v) is 4.08. The molecule has 0 radical (unpaired) electrons. The van der Waals surface area contributed by atoms with Crippen LogP contribution < -0.4 is 11.1 Å². The van der Waals surface area contributed by atoms with E-state index in [0.29, 0.717) is 6.54 Å². The molecule has 0 bridgehead atoms. The number of carbonyl (C=O) groups excluding carboxylic acids is 1. The molecule has 7 heteroatoms. The highest BCUT2D eigenvalue weighted by Crippen LogP contribution is 2.15. The first kappa shape index (κ1) is 15.1. The molecule has 1 aliphatic rings. The molecule has 0 saturated carbocycles. The number of thioether (sulfide) groups is 1. The van der Waals surface area contributed by atoms with Crippen LogP contribution in [0.25, 0.3) is 0 Å². The fourth-order valence-electron chi connectivity index (χ4n) is 1.61. The monoisotopic (exact) mass is 274 g/mol. The van der Waals surface area contributed by atoms with Crippen molar-refractivity contribution >= 4 is 23.5 Å². The minimum atomic E-state index is -0.980. The summed E-state index contributed by atoms with van der Waals surface area (Å²) in [5, 5.41) is 14.3. The third-order valence-electron chi connectivity index (χ3n) is 3.13. The van der Waals surface area contributed by atoms with Crippen LogP contribution in [0, 0.1) is 5.41 Å². The van der Waals surface area contributed by atoms with Crippen molar-refractivity contribution in [3.63, 3.8) is 0 Å². The lowest BCUT2D eigenvalue weighted by Crippen LogP contribution is -2.48. The molecule has 18 heavy (non-hydrogen) atoms. The number of nitrogens with zero attached hydrogens (tertiary/aromatic N) is 2. The zero-order chi connectivity index (χ0) is 13.6. The third kappa shape index (κ3) is 4.06. The van der Waals surface area contributed by atoms with Crippen molar-refractivity contribution in [3.8, 4) is 0 Å². The summed E-state index contributed by atoms with van der Waals surface area (Å²) in [6.45, 7) is 6.85. The van der Waals surface area contributed by atoms with E-state index < -0.39 is 5.41 Å². The second kappa shape index (κ2) is 6.84. The van der Waals surface area contributed by atoms with Gasteiger partial charge in [0.05, 0.1) is 0 Å². The van der Waals surface area contributed by atoms with Gasteiger partial charge in [0.2, 0.25) is 5.91 Å². The van der Waals surface area contributed by atoms with Crippen molar-refractivity contribution < 1.29 is 10.0 Å². The molecule has 4 N–H and O–H groups in total. The van der Waals surface area contributed by atoms with Crippen molar-refractivity contribution in [1.82, 2.24) is 10.2 Å². The van der Waals surface area contributed by atoms with Crippen LogP contribution >= 0.6 is 11.8 Å². The Hall–Kier alpha value is -0.950. The molecule has 0 atom stereocenters. The summed E-state index contributed by atoms with van der Waals surface area (Å²) in [7, 11) is 0. The minimum Gasteiger partial charge on any atom is -0.409 e. The second-order valence-electron chi connectivity index (χ2n) is 4.82. The highest BCUT2D eigenvalue weighted by atomic mass is 32.2. The van der Waals surface area contributed by atoms with Crippen LogP contribution in [0.4, 0.5) is 0 Å². The summed E-state index contributed by atoms with van der Waals surface area (Å²) in [5.74, 6) is 2.02. The topological polar surface area (TPSA) is 91.0 Å². The van der Waals surface area contributed by atoms with E-state index in [1.54, 1.807) is 13.8 Å². The Morgan fingerprint density at radius 1 is 1.50 bits per heavy atom. The predicted octanol–water partition coefficient (Wildman–Crippen LogP) is -0.0760. The Labute approximate surface area is 112 Å². The second-order valence-corrected chi connectivity index (χ2v) is 6.04. The lowest BCUT2D eigenvalue weighted by Gasteiger charge is -2.27. The van der Waals surface area contributed by atoms with Crippen LogP contribution in [-0.4, -0.2) is 59.5 Å². The molecular weight excluding hydrogens is 252 g/mol. The van der Waals surface area contributed by atoms with Gasteiger partial charge in [0, 0.05) is 37.7 Å². The molecule has 1 amide bonds. The van der Waals surface area contributed by atoms with Crippen LogP contribution in [0.2, 0.25) is 0 Å². The summed E-state index contributed by atoms with van der Waals surface area (Å²) in [4.78, 5) is 14.2. The molecular formula is C11H22N4O2S. The fraction of sp³-hybridized carbons (Fsp3) is 0.818. The van der Waals surface area contributed by atoms with Crippen molar-refractivity contribution in [2.75, 3.05) is 37.7 Å². The van der Waals surface area contributed by atoms with Gasteiger partial charge in [0.25, 0.3) is 0 Å². The molecule has 0 aliphatic carbocycles. The number of carbonyl (C=O) groups is 1. The molecule has 1 rings (SSSR count). The first-order valence-corrected chi connectivity index (χ1v) is 7.20. The van der Waals surface area contributed by atoms with Crippen molar-refractivity contribution in [2.24, 2.45) is 16.3 Å². The normalized spacial score (nSPS) is 18.7. The first-order chi connectivity index (χ1) is 8.48. The van der Waals surface area contributed by atoms with E-state index in [1.165, 1.54) is 0 Å². The number of amides is 1. The zero-order valence-electron chi connectivity index (χ0n) is 11.0. The van der Waals surface area contributed by atoms with Gasteiger partial charge in [-0.05, 0) is 13.8 Å². The number of hydrogen-bond acceptors (Lipinski definition) is 5. The number of amidine groups is 1. The Morgan fingerprint density at radius 2 is 2.11 bits per heavy atom. The number of nitrogens with one attached hydrogen (secondary N) is 1. The van der Waals surface area contributed by atoms with Crippen LogP contribution in [0.5, 0.6) is 0 Å². The molecule has 1 heterocycles. The van der Waals surface area contributed by atoms with E-state index in [-0.39, 0.29) is 11.7 Å². The standard InChI is InChI=1S/C11H22N4O2S/c1-11(2,9(12)14-17)10(16)13-3-4-15-5-7-18-8-6-15/h17H,3-8H2,1-2H3,(H2,12,14)(H,13,16). The number of nitrogens with two attached hydrogens (primary N) is 1. The quantitative estimate of drug-likeness (QED) is 0.282. The molecule has 0 aromatic rings. The maximum Gasteiger partial charge on any atom is 0.233 e. The Bertz CT molecular complexity index is 314. The van der Waals surface area contributed by atoms with Gasteiger partial charge in [-0.1, -0.05) is 5.16 Å². The highest BCUT2D eigenvalue weighted by molar-refractivity contribution is 7.99. The van der Waals surface area contributed by atoms with Gasteiger partial charge in [0.15, 0.2) is 5.84 Å². The average Bonchev–Trinajstić information content (AvgIpc) is 2.38. The zero-order valence-corrected chi connectivity index (χ0v) is 11.8. The van der Waals surface area contributed by atoms with Crippen molar-refractivity contribution in [3.05, 3.63) is 0 Å². The molecule has 0 unspecified atom stereocenters. The smallest absolute Gasteiger partial charge is 0.233 e. The summed E-state index contributed by atoms with van der Waals surface area (Å²) >= 11 is 1.96. The van der Waals surface area contributed by atoms with Crippen LogP contribution in [-0.2, 0) is 4.79 Å². The molecule has 1 aliphatic heterocycles. The summed E-state index contributed by atoms with van der Waals surface area (Å²) in [6.07, 6.45) is 0. The molecule has 1 fully saturated rings. The maximum atomic E-state index is 11.9. The molecule has 6 nitrogen and oxygen atoms in total. The largest absolute Gasteiger partial charge is 0.409 e. The Balaban J connectivity index is 2.32. The van der Waals surface area contributed by atoms with E-state index in [4.69, 9.17) is 10.9 Å². The lowest BCUT2D eigenvalue weighted by molar-refractivity contribution is -0.126. The molecule has 0 spiro atoms. The maximum absolute atomic E-state index is 11.9. The van der Waals surface area contributed by atoms with E-state index in [1.807, 2.05) is 11.8 Å². The molecule has 104 valence electrons. The minimum absolute atomic E-state index is 0.0747. The summed E-state index contributed by atoms with van der Waals surface area (Å²) in [5.41, 5.74) is 4.51. The Kier molecular flexibility index (Phi) is 5.74.